The zero-order chi connectivity index (χ0) is 13.1. The molecule has 0 saturated heterocycles. The second-order valence-corrected chi connectivity index (χ2v) is 4.77. The zero-order valence-corrected chi connectivity index (χ0v) is 11.7. The molecule has 0 radical (unpaired) electrons. The summed E-state index contributed by atoms with van der Waals surface area (Å²) in [6, 6.07) is 12.4. The second-order valence-electron chi connectivity index (χ2n) is 4.51. The molecule has 18 heavy (non-hydrogen) atoms. The molecule has 0 bridgehead atoms. The number of benzene rings is 1. The van der Waals surface area contributed by atoms with E-state index in [0.717, 1.165) is 22.8 Å². The summed E-state index contributed by atoms with van der Waals surface area (Å²) < 4.78 is 0. The summed E-state index contributed by atoms with van der Waals surface area (Å²) in [4.78, 5) is 6.63. The number of hydrogen-bond acceptors (Lipinski definition) is 2. The molecule has 0 unspecified atom stereocenters. The number of anilines is 2. The van der Waals surface area contributed by atoms with Gasteiger partial charge in [0, 0.05) is 24.3 Å². The van der Waals surface area contributed by atoms with Gasteiger partial charge in [0.25, 0.3) is 0 Å². The van der Waals surface area contributed by atoms with E-state index in [0.29, 0.717) is 5.88 Å². The van der Waals surface area contributed by atoms with Crippen molar-refractivity contribution in [2.45, 2.75) is 19.7 Å². The summed E-state index contributed by atoms with van der Waals surface area (Å²) in [6.45, 7) is 4.08. The van der Waals surface area contributed by atoms with E-state index in [1.54, 1.807) is 0 Å². The Morgan fingerprint density at radius 2 is 1.94 bits per heavy atom. The van der Waals surface area contributed by atoms with Gasteiger partial charge in [-0.3, -0.25) is 0 Å². The highest BCUT2D eigenvalue weighted by Gasteiger charge is 2.07. The summed E-state index contributed by atoms with van der Waals surface area (Å²) in [5, 5.41) is 0. The lowest BCUT2D eigenvalue weighted by molar-refractivity contribution is 1.07. The monoisotopic (exact) mass is 260 g/mol. The molecule has 3 heteroatoms. The van der Waals surface area contributed by atoms with Gasteiger partial charge in [0.2, 0.25) is 0 Å². The van der Waals surface area contributed by atoms with Crippen molar-refractivity contribution in [1.82, 2.24) is 4.98 Å². The third kappa shape index (κ3) is 2.82. The largest absolute Gasteiger partial charge is 0.329 e. The predicted octanol–water partition coefficient (Wildman–Crippen LogP) is 4.21. The smallest absolute Gasteiger partial charge is 0.133 e. The first-order valence-corrected chi connectivity index (χ1v) is 6.47. The molecule has 2 aromatic rings. The molecule has 1 heterocycles. The molecule has 94 valence electrons. The molecule has 2 nitrogen and oxygen atoms in total. The molecular formula is C15H17ClN2. The van der Waals surface area contributed by atoms with Crippen LogP contribution in [0.2, 0.25) is 0 Å². The predicted molar refractivity (Wildman–Crippen MR) is 77.8 cm³/mol. The summed E-state index contributed by atoms with van der Waals surface area (Å²) in [6.07, 6.45) is 0. The van der Waals surface area contributed by atoms with Crippen LogP contribution in [0.3, 0.4) is 0 Å². The van der Waals surface area contributed by atoms with Crippen molar-refractivity contribution in [2.24, 2.45) is 0 Å². The van der Waals surface area contributed by atoms with Crippen molar-refractivity contribution in [1.29, 1.82) is 0 Å². The van der Waals surface area contributed by atoms with Crippen molar-refractivity contribution < 1.29 is 0 Å². The van der Waals surface area contributed by atoms with Gasteiger partial charge in [-0.1, -0.05) is 12.1 Å². The highest BCUT2D eigenvalue weighted by Crippen LogP contribution is 2.24. The molecule has 2 rings (SSSR count). The molecule has 1 aromatic heterocycles. The molecule has 0 amide bonds. The quantitative estimate of drug-likeness (QED) is 0.769. The van der Waals surface area contributed by atoms with Crippen LogP contribution in [0.4, 0.5) is 11.5 Å². The molecule has 0 saturated carbocycles. The SMILES string of the molecule is Cc1cccc(N(C)c2cc(CCl)cc(C)n2)c1. The van der Waals surface area contributed by atoms with Crippen LogP contribution in [0, 0.1) is 13.8 Å². The summed E-state index contributed by atoms with van der Waals surface area (Å²) >= 11 is 5.90. The normalized spacial score (nSPS) is 10.4. The minimum absolute atomic E-state index is 0.512. The number of halogens is 1. The number of aryl methyl sites for hydroxylation is 2. The second kappa shape index (κ2) is 5.40. The Morgan fingerprint density at radius 3 is 2.61 bits per heavy atom. The average molecular weight is 261 g/mol. The van der Waals surface area contributed by atoms with Gasteiger partial charge in [-0.05, 0) is 49.2 Å². The van der Waals surface area contributed by atoms with Crippen molar-refractivity contribution in [3.63, 3.8) is 0 Å². The molecule has 0 aliphatic carbocycles. The van der Waals surface area contributed by atoms with Gasteiger partial charge in [0.15, 0.2) is 0 Å². The van der Waals surface area contributed by atoms with Crippen LogP contribution in [-0.4, -0.2) is 12.0 Å². The number of alkyl halides is 1. The lowest BCUT2D eigenvalue weighted by atomic mass is 10.2. The van der Waals surface area contributed by atoms with Crippen LogP contribution in [0.1, 0.15) is 16.8 Å². The van der Waals surface area contributed by atoms with E-state index in [-0.39, 0.29) is 0 Å². The van der Waals surface area contributed by atoms with E-state index in [1.807, 2.05) is 26.1 Å². The summed E-state index contributed by atoms with van der Waals surface area (Å²) in [5.74, 6) is 1.44. The van der Waals surface area contributed by atoms with Crippen LogP contribution in [0.25, 0.3) is 0 Å². The third-order valence-corrected chi connectivity index (χ3v) is 3.20. The highest BCUT2D eigenvalue weighted by molar-refractivity contribution is 6.17. The van der Waals surface area contributed by atoms with E-state index in [4.69, 9.17) is 11.6 Å². The third-order valence-electron chi connectivity index (χ3n) is 2.89. The minimum atomic E-state index is 0.512. The number of pyridine rings is 1. The fourth-order valence-corrected chi connectivity index (χ4v) is 2.09. The maximum Gasteiger partial charge on any atom is 0.133 e. The van der Waals surface area contributed by atoms with Crippen molar-refractivity contribution in [2.75, 3.05) is 11.9 Å². The highest BCUT2D eigenvalue weighted by atomic mass is 35.5. The van der Waals surface area contributed by atoms with Crippen LogP contribution in [0.15, 0.2) is 36.4 Å². The molecule has 1 aromatic carbocycles. The standard InChI is InChI=1S/C15H17ClN2/c1-11-5-4-6-14(7-11)18(3)15-9-13(10-16)8-12(2)17-15/h4-9H,10H2,1-3H3. The number of aromatic nitrogens is 1. The topological polar surface area (TPSA) is 16.1 Å². The number of hydrogen-bond donors (Lipinski definition) is 0. The van der Waals surface area contributed by atoms with E-state index < -0.39 is 0 Å². The van der Waals surface area contributed by atoms with Crippen LogP contribution >= 0.6 is 11.6 Å². The molecule has 0 spiro atoms. The van der Waals surface area contributed by atoms with Gasteiger partial charge >= 0.3 is 0 Å². The molecule has 0 aliphatic heterocycles. The number of rotatable bonds is 3. The minimum Gasteiger partial charge on any atom is -0.329 e. The van der Waals surface area contributed by atoms with E-state index in [2.05, 4.69) is 41.1 Å². The first-order valence-electron chi connectivity index (χ1n) is 5.94. The van der Waals surface area contributed by atoms with E-state index in [1.165, 1.54) is 5.56 Å². The lowest BCUT2D eigenvalue weighted by Crippen LogP contribution is -2.12. The fourth-order valence-electron chi connectivity index (χ4n) is 1.94. The van der Waals surface area contributed by atoms with E-state index >= 15 is 0 Å². The fraction of sp³-hybridized carbons (Fsp3) is 0.267. The molecule has 0 aliphatic rings. The lowest BCUT2D eigenvalue weighted by Gasteiger charge is -2.20. The Morgan fingerprint density at radius 1 is 1.17 bits per heavy atom. The van der Waals surface area contributed by atoms with Crippen LogP contribution in [0.5, 0.6) is 0 Å². The Labute approximate surface area is 113 Å². The van der Waals surface area contributed by atoms with Gasteiger partial charge < -0.3 is 4.90 Å². The maximum atomic E-state index is 5.90. The Bertz CT molecular complexity index is 552. The van der Waals surface area contributed by atoms with Gasteiger partial charge in [-0.15, -0.1) is 11.6 Å². The molecular weight excluding hydrogens is 244 g/mol. The zero-order valence-electron chi connectivity index (χ0n) is 10.9. The van der Waals surface area contributed by atoms with Crippen molar-refractivity contribution in [3.8, 4) is 0 Å². The Hall–Kier alpha value is -1.54. The van der Waals surface area contributed by atoms with Crippen molar-refractivity contribution in [3.05, 3.63) is 53.2 Å². The Balaban J connectivity index is 2.39. The average Bonchev–Trinajstić information content (AvgIpc) is 2.37. The number of nitrogens with zero attached hydrogens (tertiary/aromatic N) is 2. The molecule has 0 fully saturated rings. The van der Waals surface area contributed by atoms with Gasteiger partial charge in [-0.25, -0.2) is 4.98 Å². The van der Waals surface area contributed by atoms with Crippen molar-refractivity contribution >= 4 is 23.1 Å². The Kier molecular flexibility index (Phi) is 3.87. The first-order chi connectivity index (χ1) is 8.60. The van der Waals surface area contributed by atoms with Gasteiger partial charge in [-0.2, -0.15) is 0 Å². The summed E-state index contributed by atoms with van der Waals surface area (Å²) in [5.41, 5.74) is 4.46. The molecule has 0 atom stereocenters. The van der Waals surface area contributed by atoms with Gasteiger partial charge in [0.05, 0.1) is 0 Å². The molecule has 0 N–H and O–H groups in total. The van der Waals surface area contributed by atoms with Crippen LogP contribution < -0.4 is 4.90 Å². The van der Waals surface area contributed by atoms with E-state index in [9.17, 15) is 0 Å². The van der Waals surface area contributed by atoms with Gasteiger partial charge in [0.1, 0.15) is 5.82 Å². The van der Waals surface area contributed by atoms with Crippen LogP contribution in [-0.2, 0) is 5.88 Å². The maximum absolute atomic E-state index is 5.90. The summed E-state index contributed by atoms with van der Waals surface area (Å²) in [7, 11) is 2.02. The first kappa shape index (κ1) is 12.9.